The Hall–Kier alpha value is -1.88. The molecule has 0 unspecified atom stereocenters. The molecule has 0 saturated heterocycles. The van der Waals surface area contributed by atoms with Crippen LogP contribution in [0.4, 0.5) is 0 Å². The summed E-state index contributed by atoms with van der Waals surface area (Å²) in [4.78, 5) is 15.4. The number of carboxylic acids is 1. The maximum absolute atomic E-state index is 10.8. The molecule has 0 fully saturated rings. The average molecular weight is 276 g/mol. The van der Waals surface area contributed by atoms with Gasteiger partial charge in [0.1, 0.15) is 5.82 Å². The zero-order valence-electron chi connectivity index (χ0n) is 11.7. The van der Waals surface area contributed by atoms with Crippen LogP contribution in [0.5, 0.6) is 0 Å². The molecule has 2 aromatic rings. The summed E-state index contributed by atoms with van der Waals surface area (Å²) in [7, 11) is 0. The number of aliphatic carboxylic acids is 1. The third-order valence-corrected chi connectivity index (χ3v) is 3.10. The Kier molecular flexibility index (Phi) is 5.12. The van der Waals surface area contributed by atoms with Gasteiger partial charge in [0.25, 0.3) is 0 Å². The van der Waals surface area contributed by atoms with E-state index in [-0.39, 0.29) is 6.42 Å². The van der Waals surface area contributed by atoms with Gasteiger partial charge in [-0.25, -0.2) is 4.98 Å². The molecular weight excluding hydrogens is 256 g/mol. The molecule has 0 amide bonds. The van der Waals surface area contributed by atoms with Crippen molar-refractivity contribution < 1.29 is 14.6 Å². The highest BCUT2D eigenvalue weighted by molar-refractivity contribution is 5.76. The van der Waals surface area contributed by atoms with Crippen LogP contribution in [0.25, 0.3) is 11.0 Å². The third kappa shape index (κ3) is 3.57. The first-order chi connectivity index (χ1) is 9.72. The van der Waals surface area contributed by atoms with E-state index in [1.165, 1.54) is 0 Å². The van der Waals surface area contributed by atoms with Gasteiger partial charge < -0.3 is 14.4 Å². The summed E-state index contributed by atoms with van der Waals surface area (Å²) >= 11 is 0. The van der Waals surface area contributed by atoms with Crippen LogP contribution in [0.1, 0.15) is 25.6 Å². The predicted octanol–water partition coefficient (Wildman–Crippen LogP) is 2.48. The van der Waals surface area contributed by atoms with Crippen molar-refractivity contribution in [1.29, 1.82) is 0 Å². The number of fused-ring (bicyclic) bond motifs is 1. The first-order valence-corrected chi connectivity index (χ1v) is 6.96. The van der Waals surface area contributed by atoms with Crippen LogP contribution in [-0.4, -0.2) is 33.8 Å². The van der Waals surface area contributed by atoms with Gasteiger partial charge in [-0.1, -0.05) is 19.1 Å². The van der Waals surface area contributed by atoms with Crippen molar-refractivity contribution in [2.45, 2.75) is 32.7 Å². The van der Waals surface area contributed by atoms with Crippen molar-refractivity contribution in [3.63, 3.8) is 0 Å². The molecule has 1 aromatic heterocycles. The van der Waals surface area contributed by atoms with Crippen LogP contribution in [0.2, 0.25) is 0 Å². The van der Waals surface area contributed by atoms with Crippen molar-refractivity contribution in [1.82, 2.24) is 9.55 Å². The molecule has 5 heteroatoms. The van der Waals surface area contributed by atoms with E-state index in [9.17, 15) is 4.79 Å². The summed E-state index contributed by atoms with van der Waals surface area (Å²) in [6, 6.07) is 7.80. The Morgan fingerprint density at radius 1 is 1.35 bits per heavy atom. The minimum Gasteiger partial charge on any atom is -0.481 e. The molecule has 1 aromatic carbocycles. The van der Waals surface area contributed by atoms with E-state index in [0.29, 0.717) is 19.6 Å². The van der Waals surface area contributed by atoms with Crippen LogP contribution in [0.15, 0.2) is 24.3 Å². The van der Waals surface area contributed by atoms with E-state index in [1.807, 2.05) is 28.8 Å². The highest BCUT2D eigenvalue weighted by Gasteiger charge is 2.11. The fourth-order valence-corrected chi connectivity index (χ4v) is 2.18. The van der Waals surface area contributed by atoms with Crippen LogP contribution in [-0.2, 0) is 22.5 Å². The molecule has 2 rings (SSSR count). The number of aryl methyl sites for hydroxylation is 1. The van der Waals surface area contributed by atoms with E-state index < -0.39 is 5.97 Å². The lowest BCUT2D eigenvalue weighted by Gasteiger charge is -2.08. The van der Waals surface area contributed by atoms with Gasteiger partial charge in [0.2, 0.25) is 0 Å². The second-order valence-corrected chi connectivity index (χ2v) is 4.67. The first-order valence-electron chi connectivity index (χ1n) is 6.96. The molecule has 0 radical (unpaired) electrons. The smallest absolute Gasteiger partial charge is 0.305 e. The van der Waals surface area contributed by atoms with E-state index in [2.05, 4.69) is 11.9 Å². The molecule has 0 aliphatic heterocycles. The number of para-hydroxylation sites is 2. The molecular formula is C15H20N2O3. The van der Waals surface area contributed by atoms with Gasteiger partial charge in [-0.2, -0.15) is 0 Å². The average Bonchev–Trinajstić information content (AvgIpc) is 2.79. The SMILES string of the molecule is CCCOCCc1nc2ccccc2n1CCC(=O)O. The highest BCUT2D eigenvalue weighted by Crippen LogP contribution is 2.17. The first kappa shape index (κ1) is 14.5. The number of nitrogens with zero attached hydrogens (tertiary/aromatic N) is 2. The van der Waals surface area contributed by atoms with E-state index in [0.717, 1.165) is 29.9 Å². The van der Waals surface area contributed by atoms with Crippen LogP contribution in [0, 0.1) is 0 Å². The topological polar surface area (TPSA) is 64.4 Å². The largest absolute Gasteiger partial charge is 0.481 e. The normalized spacial score (nSPS) is 11.1. The van der Waals surface area contributed by atoms with Crippen LogP contribution in [0.3, 0.4) is 0 Å². The molecule has 0 spiro atoms. The second kappa shape index (κ2) is 7.05. The maximum atomic E-state index is 10.8. The Bertz CT molecular complexity index is 578. The van der Waals surface area contributed by atoms with Gasteiger partial charge in [-0.15, -0.1) is 0 Å². The van der Waals surface area contributed by atoms with Crippen LogP contribution >= 0.6 is 0 Å². The number of benzene rings is 1. The number of hydrogen-bond acceptors (Lipinski definition) is 3. The van der Waals surface area contributed by atoms with Crippen molar-refractivity contribution in [2.24, 2.45) is 0 Å². The Labute approximate surface area is 118 Å². The molecule has 0 aliphatic rings. The fourth-order valence-electron chi connectivity index (χ4n) is 2.18. The van der Waals surface area contributed by atoms with E-state index >= 15 is 0 Å². The van der Waals surface area contributed by atoms with Gasteiger partial charge in [0.05, 0.1) is 24.1 Å². The molecule has 0 aliphatic carbocycles. The Balaban J connectivity index is 2.17. The van der Waals surface area contributed by atoms with Gasteiger partial charge in [0.15, 0.2) is 0 Å². The van der Waals surface area contributed by atoms with Crippen molar-refractivity contribution in [3.05, 3.63) is 30.1 Å². The number of imidazole rings is 1. The number of ether oxygens (including phenoxy) is 1. The monoisotopic (exact) mass is 276 g/mol. The molecule has 0 bridgehead atoms. The Morgan fingerprint density at radius 2 is 2.15 bits per heavy atom. The standard InChI is InChI=1S/C15H20N2O3/c1-2-10-20-11-8-14-16-12-5-3-4-6-13(12)17(14)9-7-15(18)19/h3-6H,2,7-11H2,1H3,(H,18,19). The fraction of sp³-hybridized carbons (Fsp3) is 0.467. The number of carboxylic acid groups (broad SMARTS) is 1. The summed E-state index contributed by atoms with van der Waals surface area (Å²) in [5, 5.41) is 8.86. The Morgan fingerprint density at radius 3 is 2.90 bits per heavy atom. The quantitative estimate of drug-likeness (QED) is 0.752. The third-order valence-electron chi connectivity index (χ3n) is 3.10. The maximum Gasteiger partial charge on any atom is 0.305 e. The van der Waals surface area contributed by atoms with Crippen LogP contribution < -0.4 is 0 Å². The molecule has 5 nitrogen and oxygen atoms in total. The predicted molar refractivity (Wildman–Crippen MR) is 76.8 cm³/mol. The molecule has 1 N–H and O–H groups in total. The van der Waals surface area contributed by atoms with E-state index in [1.54, 1.807) is 0 Å². The lowest BCUT2D eigenvalue weighted by Crippen LogP contribution is -2.10. The van der Waals surface area contributed by atoms with Gasteiger partial charge in [0, 0.05) is 19.6 Å². The van der Waals surface area contributed by atoms with E-state index in [4.69, 9.17) is 9.84 Å². The number of carbonyl (C=O) groups is 1. The number of aromatic nitrogens is 2. The molecule has 20 heavy (non-hydrogen) atoms. The molecule has 0 saturated carbocycles. The van der Waals surface area contributed by atoms with Gasteiger partial charge >= 0.3 is 5.97 Å². The molecule has 1 heterocycles. The number of hydrogen-bond donors (Lipinski definition) is 1. The lowest BCUT2D eigenvalue weighted by atomic mass is 10.3. The highest BCUT2D eigenvalue weighted by atomic mass is 16.5. The summed E-state index contributed by atoms with van der Waals surface area (Å²) < 4.78 is 7.48. The van der Waals surface area contributed by atoms with Gasteiger partial charge in [-0.05, 0) is 18.6 Å². The molecule has 0 atom stereocenters. The summed E-state index contributed by atoms with van der Waals surface area (Å²) in [6.45, 7) is 3.88. The zero-order chi connectivity index (χ0) is 14.4. The molecule has 108 valence electrons. The summed E-state index contributed by atoms with van der Waals surface area (Å²) in [5.74, 6) is 0.0968. The zero-order valence-corrected chi connectivity index (χ0v) is 11.7. The summed E-state index contributed by atoms with van der Waals surface area (Å²) in [5.41, 5.74) is 1.89. The van der Waals surface area contributed by atoms with Gasteiger partial charge in [-0.3, -0.25) is 4.79 Å². The van der Waals surface area contributed by atoms with Crippen molar-refractivity contribution >= 4 is 17.0 Å². The second-order valence-electron chi connectivity index (χ2n) is 4.67. The summed E-state index contributed by atoms with van der Waals surface area (Å²) in [6.07, 6.45) is 1.80. The minimum absolute atomic E-state index is 0.100. The minimum atomic E-state index is -0.795. The van der Waals surface area contributed by atoms with Crippen molar-refractivity contribution in [2.75, 3.05) is 13.2 Å². The van der Waals surface area contributed by atoms with Crippen molar-refractivity contribution in [3.8, 4) is 0 Å². The lowest BCUT2D eigenvalue weighted by molar-refractivity contribution is -0.137. The number of rotatable bonds is 8.